The highest BCUT2D eigenvalue weighted by molar-refractivity contribution is 5.97. The number of likely N-dealkylation sites (tertiary alicyclic amines) is 1. The first-order chi connectivity index (χ1) is 13.5. The molecule has 2 aromatic rings. The molecule has 148 valence electrons. The largest absolute Gasteiger partial charge is 0.497 e. The first-order valence-corrected chi connectivity index (χ1v) is 9.40. The Balaban J connectivity index is 1.67. The van der Waals surface area contributed by atoms with Crippen molar-refractivity contribution in [2.24, 2.45) is 7.05 Å². The van der Waals surface area contributed by atoms with Crippen molar-refractivity contribution in [3.63, 3.8) is 0 Å². The number of aryl methyl sites for hydroxylation is 2. The Bertz CT molecular complexity index is 912. The van der Waals surface area contributed by atoms with Crippen LogP contribution in [0, 0.1) is 0 Å². The Morgan fingerprint density at radius 3 is 2.46 bits per heavy atom. The average Bonchev–Trinajstić information content (AvgIpc) is 3.24. The molecule has 1 aromatic carbocycles. The van der Waals surface area contributed by atoms with Crippen molar-refractivity contribution in [1.82, 2.24) is 9.47 Å². The minimum atomic E-state index is -0.337. The van der Waals surface area contributed by atoms with Crippen molar-refractivity contribution in [1.29, 1.82) is 0 Å². The molecule has 7 heteroatoms. The Kier molecular flexibility index (Phi) is 6.13. The molecule has 0 atom stereocenters. The minimum Gasteiger partial charge on any atom is -0.497 e. The number of anilines is 1. The lowest BCUT2D eigenvalue weighted by Gasteiger charge is -2.16. The molecule has 1 aliphatic rings. The molecule has 3 rings (SSSR count). The second-order valence-corrected chi connectivity index (χ2v) is 6.95. The molecule has 28 heavy (non-hydrogen) atoms. The van der Waals surface area contributed by atoms with Crippen LogP contribution in [0.5, 0.6) is 5.75 Å². The molecular weight excluding hydrogens is 358 g/mol. The van der Waals surface area contributed by atoms with Crippen LogP contribution in [0.1, 0.15) is 35.2 Å². The van der Waals surface area contributed by atoms with E-state index in [2.05, 4.69) is 5.32 Å². The summed E-state index contributed by atoms with van der Waals surface area (Å²) in [6.45, 7) is 1.45. The van der Waals surface area contributed by atoms with E-state index in [0.717, 1.165) is 37.2 Å². The number of ether oxygens (including phenoxy) is 1. The van der Waals surface area contributed by atoms with Gasteiger partial charge in [0.2, 0.25) is 5.91 Å². The number of carbonyl (C=O) groups excluding carboxylic acids is 2. The number of hydrogen-bond acceptors (Lipinski definition) is 4. The summed E-state index contributed by atoms with van der Waals surface area (Å²) in [5.41, 5.74) is 1.21. The maximum atomic E-state index is 12.6. The molecule has 2 heterocycles. The maximum absolute atomic E-state index is 12.6. The van der Waals surface area contributed by atoms with Gasteiger partial charge >= 0.3 is 0 Å². The monoisotopic (exact) mass is 383 g/mol. The van der Waals surface area contributed by atoms with Gasteiger partial charge in [-0.25, -0.2) is 0 Å². The second kappa shape index (κ2) is 8.73. The van der Waals surface area contributed by atoms with E-state index in [0.29, 0.717) is 12.0 Å². The second-order valence-electron chi connectivity index (χ2n) is 6.95. The van der Waals surface area contributed by atoms with E-state index in [4.69, 9.17) is 4.74 Å². The summed E-state index contributed by atoms with van der Waals surface area (Å²) in [6, 6.07) is 8.97. The van der Waals surface area contributed by atoms with Crippen LogP contribution in [0.15, 0.2) is 41.3 Å². The maximum Gasteiger partial charge on any atom is 0.274 e. The molecule has 2 amide bonds. The molecule has 0 radical (unpaired) electrons. The van der Waals surface area contributed by atoms with Gasteiger partial charge in [-0.1, -0.05) is 12.1 Å². The van der Waals surface area contributed by atoms with Gasteiger partial charge in [-0.2, -0.15) is 0 Å². The van der Waals surface area contributed by atoms with E-state index in [9.17, 15) is 14.4 Å². The van der Waals surface area contributed by atoms with Gasteiger partial charge in [-0.3, -0.25) is 14.4 Å². The number of nitrogens with one attached hydrogen (secondary N) is 1. The average molecular weight is 383 g/mol. The van der Waals surface area contributed by atoms with E-state index >= 15 is 0 Å². The molecule has 0 spiro atoms. The zero-order valence-corrected chi connectivity index (χ0v) is 16.2. The number of hydrogen-bond donors (Lipinski definition) is 1. The fourth-order valence-corrected chi connectivity index (χ4v) is 3.28. The lowest BCUT2D eigenvalue weighted by molar-refractivity contribution is -0.116. The summed E-state index contributed by atoms with van der Waals surface area (Å²) in [6.07, 6.45) is 4.29. The highest BCUT2D eigenvalue weighted by Crippen LogP contribution is 2.15. The molecule has 0 saturated carbocycles. The van der Waals surface area contributed by atoms with Crippen molar-refractivity contribution in [3.05, 3.63) is 58.0 Å². The van der Waals surface area contributed by atoms with E-state index in [1.165, 1.54) is 16.8 Å². The molecule has 1 N–H and O–H groups in total. The molecule has 1 aromatic heterocycles. The highest BCUT2D eigenvalue weighted by Gasteiger charge is 2.21. The van der Waals surface area contributed by atoms with Crippen molar-refractivity contribution < 1.29 is 14.3 Å². The van der Waals surface area contributed by atoms with Crippen LogP contribution < -0.4 is 15.6 Å². The lowest BCUT2D eigenvalue weighted by Crippen LogP contribution is -2.30. The number of rotatable bonds is 6. The van der Waals surface area contributed by atoms with Crippen LogP contribution in [-0.4, -0.2) is 41.5 Å². The van der Waals surface area contributed by atoms with E-state index in [-0.39, 0.29) is 29.5 Å². The third kappa shape index (κ3) is 4.60. The molecule has 1 aliphatic heterocycles. The van der Waals surface area contributed by atoms with Crippen molar-refractivity contribution in [3.8, 4) is 5.75 Å². The number of methoxy groups -OCH3 is 1. The number of carbonyl (C=O) groups is 2. The quantitative estimate of drug-likeness (QED) is 0.829. The predicted octanol–water partition coefficient (Wildman–Crippen LogP) is 2.20. The fraction of sp³-hybridized carbons (Fsp3) is 0.381. The van der Waals surface area contributed by atoms with Crippen LogP contribution in [0.3, 0.4) is 0 Å². The molecule has 1 fully saturated rings. The van der Waals surface area contributed by atoms with Gasteiger partial charge in [-0.15, -0.1) is 0 Å². The van der Waals surface area contributed by atoms with Gasteiger partial charge in [-0.05, 0) is 43.0 Å². The van der Waals surface area contributed by atoms with Crippen molar-refractivity contribution in [2.45, 2.75) is 25.7 Å². The molecule has 0 aliphatic carbocycles. The molecule has 7 nitrogen and oxygen atoms in total. The Hall–Kier alpha value is -3.09. The van der Waals surface area contributed by atoms with Gasteiger partial charge in [0.1, 0.15) is 11.4 Å². The zero-order chi connectivity index (χ0) is 20.1. The van der Waals surface area contributed by atoms with Crippen LogP contribution in [0.4, 0.5) is 5.69 Å². The van der Waals surface area contributed by atoms with E-state index in [1.807, 2.05) is 24.3 Å². The van der Waals surface area contributed by atoms with Gasteiger partial charge in [0, 0.05) is 32.8 Å². The molecule has 0 unspecified atom stereocenters. The van der Waals surface area contributed by atoms with Crippen LogP contribution in [-0.2, 0) is 18.3 Å². The fourth-order valence-electron chi connectivity index (χ4n) is 3.28. The summed E-state index contributed by atoms with van der Waals surface area (Å²) < 4.78 is 6.45. The minimum absolute atomic E-state index is 0.109. The zero-order valence-electron chi connectivity index (χ0n) is 16.2. The molecule has 1 saturated heterocycles. The summed E-state index contributed by atoms with van der Waals surface area (Å²) >= 11 is 0. The Morgan fingerprint density at radius 1 is 1.14 bits per heavy atom. The lowest BCUT2D eigenvalue weighted by atomic mass is 10.1. The normalized spacial score (nSPS) is 13.4. The van der Waals surface area contributed by atoms with Gasteiger partial charge in [0.25, 0.3) is 11.5 Å². The predicted molar refractivity (Wildman–Crippen MR) is 107 cm³/mol. The Morgan fingerprint density at radius 2 is 1.82 bits per heavy atom. The Labute approximate surface area is 163 Å². The van der Waals surface area contributed by atoms with E-state index in [1.54, 1.807) is 19.1 Å². The third-order valence-electron chi connectivity index (χ3n) is 4.90. The summed E-state index contributed by atoms with van der Waals surface area (Å²) in [5.74, 6) is 0.386. The van der Waals surface area contributed by atoms with Crippen LogP contribution in [0.25, 0.3) is 0 Å². The van der Waals surface area contributed by atoms with E-state index < -0.39 is 0 Å². The topological polar surface area (TPSA) is 80.6 Å². The number of amides is 2. The van der Waals surface area contributed by atoms with Crippen molar-refractivity contribution in [2.75, 3.05) is 25.5 Å². The standard InChI is InChI=1S/C21H25N3O4/c1-23-14-16(20(26)24-11-3-4-12-24)13-18(21(23)27)22-19(25)10-7-15-5-8-17(28-2)9-6-15/h5-6,8-9,13-14H,3-4,7,10-12H2,1-2H3,(H,22,25). The van der Waals surface area contributed by atoms with Gasteiger partial charge in [0.05, 0.1) is 12.7 Å². The number of aromatic nitrogens is 1. The SMILES string of the molecule is COc1ccc(CCC(=O)Nc2cc(C(=O)N3CCCC3)cn(C)c2=O)cc1. The van der Waals surface area contributed by atoms with Gasteiger partial charge < -0.3 is 19.5 Å². The third-order valence-corrected chi connectivity index (χ3v) is 4.90. The summed E-state index contributed by atoms with van der Waals surface area (Å²) in [5, 5.41) is 2.66. The van der Waals surface area contributed by atoms with Gasteiger partial charge in [0.15, 0.2) is 0 Å². The van der Waals surface area contributed by atoms with Crippen LogP contribution in [0.2, 0.25) is 0 Å². The highest BCUT2D eigenvalue weighted by atomic mass is 16.5. The number of benzene rings is 1. The number of nitrogens with zero attached hydrogens (tertiary/aromatic N) is 2. The molecule has 0 bridgehead atoms. The summed E-state index contributed by atoms with van der Waals surface area (Å²) in [4.78, 5) is 39.1. The number of pyridine rings is 1. The smallest absolute Gasteiger partial charge is 0.274 e. The first kappa shape index (κ1) is 19.7. The van der Waals surface area contributed by atoms with Crippen molar-refractivity contribution >= 4 is 17.5 Å². The summed E-state index contributed by atoms with van der Waals surface area (Å²) in [7, 11) is 3.18. The molecular formula is C21H25N3O4. The first-order valence-electron chi connectivity index (χ1n) is 9.40. The van der Waals surface area contributed by atoms with Crippen LogP contribution >= 0.6 is 0 Å².